The van der Waals surface area contributed by atoms with Crippen molar-refractivity contribution < 1.29 is 18.1 Å². The van der Waals surface area contributed by atoms with Crippen LogP contribution in [0.4, 0.5) is 0 Å². The number of hydrogen-bond donors (Lipinski definition) is 0. The molecule has 5 heteroatoms. The van der Waals surface area contributed by atoms with Crippen molar-refractivity contribution in [2.45, 2.75) is 38.9 Å². The lowest BCUT2D eigenvalue weighted by atomic mass is 9.78. The quantitative estimate of drug-likeness (QED) is 0.252. The molecule has 1 aliphatic rings. The zero-order valence-corrected chi connectivity index (χ0v) is 20.2. The third-order valence-electron chi connectivity index (χ3n) is 7.76. The van der Waals surface area contributed by atoms with Crippen LogP contribution in [-0.2, 0) is 9.31 Å². The molecule has 6 aromatic rings. The molecule has 0 amide bonds. The van der Waals surface area contributed by atoms with Gasteiger partial charge in [-0.15, -0.1) is 0 Å². The summed E-state index contributed by atoms with van der Waals surface area (Å²) in [6, 6.07) is 26.9. The number of rotatable bonds is 2. The first kappa shape index (κ1) is 20.8. The van der Waals surface area contributed by atoms with Crippen LogP contribution in [0.5, 0.6) is 0 Å². The molecule has 172 valence electrons. The molecular formula is C30H25BO4. The van der Waals surface area contributed by atoms with Crippen molar-refractivity contribution in [2.24, 2.45) is 0 Å². The molecule has 0 unspecified atom stereocenters. The van der Waals surface area contributed by atoms with Crippen molar-refractivity contribution in [2.75, 3.05) is 0 Å². The maximum atomic E-state index is 6.64. The van der Waals surface area contributed by atoms with Crippen LogP contribution in [0.1, 0.15) is 27.7 Å². The molecule has 4 aromatic carbocycles. The van der Waals surface area contributed by atoms with Crippen LogP contribution in [0.3, 0.4) is 0 Å². The maximum Gasteiger partial charge on any atom is 0.498 e. The molecule has 1 fully saturated rings. The summed E-state index contributed by atoms with van der Waals surface area (Å²) >= 11 is 0. The molecule has 35 heavy (non-hydrogen) atoms. The van der Waals surface area contributed by atoms with E-state index in [4.69, 9.17) is 18.1 Å². The summed E-state index contributed by atoms with van der Waals surface area (Å²) in [7, 11) is -0.494. The van der Waals surface area contributed by atoms with E-state index >= 15 is 0 Å². The first-order valence-corrected chi connectivity index (χ1v) is 12.0. The first-order valence-electron chi connectivity index (χ1n) is 12.0. The highest BCUT2D eigenvalue weighted by molar-refractivity contribution is 6.65. The standard InChI is InChI=1S/C30H25BO4/c1-29(2)30(3,4)35-31(34-29)24-16-9-15-23-22-14-8-13-21(27(22)33-28(23)24)20-12-7-11-19-18-10-5-6-17-25(18)32-26(19)20/h5-17H,1-4H3. The van der Waals surface area contributed by atoms with Crippen molar-refractivity contribution in [1.29, 1.82) is 0 Å². The van der Waals surface area contributed by atoms with Crippen LogP contribution in [0.25, 0.3) is 55.0 Å². The molecule has 0 N–H and O–H groups in total. The smallest absolute Gasteiger partial charge is 0.456 e. The van der Waals surface area contributed by atoms with E-state index in [-0.39, 0.29) is 0 Å². The van der Waals surface area contributed by atoms with Gasteiger partial charge < -0.3 is 18.1 Å². The van der Waals surface area contributed by atoms with Crippen molar-refractivity contribution in [3.63, 3.8) is 0 Å². The zero-order valence-electron chi connectivity index (χ0n) is 20.2. The van der Waals surface area contributed by atoms with Gasteiger partial charge in [-0.3, -0.25) is 0 Å². The van der Waals surface area contributed by atoms with Crippen LogP contribution in [0, 0.1) is 0 Å². The monoisotopic (exact) mass is 460 g/mol. The van der Waals surface area contributed by atoms with Crippen molar-refractivity contribution >= 4 is 56.5 Å². The fourth-order valence-corrected chi connectivity index (χ4v) is 5.17. The summed E-state index contributed by atoms with van der Waals surface area (Å²) < 4.78 is 25.7. The molecule has 0 atom stereocenters. The van der Waals surface area contributed by atoms with Crippen LogP contribution in [0.15, 0.2) is 87.7 Å². The van der Waals surface area contributed by atoms with E-state index in [1.165, 1.54) is 0 Å². The predicted octanol–water partition coefficient (Wildman–Crippen LogP) is 7.45. The third-order valence-corrected chi connectivity index (χ3v) is 7.76. The first-order chi connectivity index (χ1) is 16.8. The lowest BCUT2D eigenvalue weighted by Crippen LogP contribution is -2.41. The summed E-state index contributed by atoms with van der Waals surface area (Å²) in [5, 5.41) is 4.32. The summed E-state index contributed by atoms with van der Waals surface area (Å²) in [6.07, 6.45) is 0. The average molecular weight is 460 g/mol. The van der Waals surface area contributed by atoms with E-state index in [0.29, 0.717) is 0 Å². The van der Waals surface area contributed by atoms with Crippen LogP contribution in [-0.4, -0.2) is 18.3 Å². The second-order valence-corrected chi connectivity index (χ2v) is 10.4. The van der Waals surface area contributed by atoms with E-state index in [9.17, 15) is 0 Å². The summed E-state index contributed by atoms with van der Waals surface area (Å²) in [4.78, 5) is 0. The molecule has 2 aromatic heterocycles. The highest BCUT2D eigenvalue weighted by Gasteiger charge is 2.52. The molecule has 0 saturated carbocycles. The van der Waals surface area contributed by atoms with Gasteiger partial charge in [-0.1, -0.05) is 72.8 Å². The van der Waals surface area contributed by atoms with E-state index in [1.807, 2.05) is 30.3 Å². The highest BCUT2D eigenvalue weighted by atomic mass is 16.7. The van der Waals surface area contributed by atoms with Gasteiger partial charge in [-0.2, -0.15) is 0 Å². The fourth-order valence-electron chi connectivity index (χ4n) is 5.17. The van der Waals surface area contributed by atoms with Crippen molar-refractivity contribution in [3.05, 3.63) is 78.9 Å². The minimum atomic E-state index is -0.494. The summed E-state index contributed by atoms with van der Waals surface area (Å²) in [6.45, 7) is 8.27. The Bertz CT molecular complexity index is 1760. The van der Waals surface area contributed by atoms with Gasteiger partial charge in [-0.05, 0) is 33.8 Å². The second-order valence-electron chi connectivity index (χ2n) is 10.4. The Kier molecular flexibility index (Phi) is 4.16. The van der Waals surface area contributed by atoms with E-state index in [0.717, 1.165) is 60.5 Å². The molecular weight excluding hydrogens is 435 g/mol. The summed E-state index contributed by atoms with van der Waals surface area (Å²) in [5.74, 6) is 0. The normalized spacial score (nSPS) is 17.3. The van der Waals surface area contributed by atoms with Crippen LogP contribution in [0.2, 0.25) is 0 Å². The van der Waals surface area contributed by atoms with Gasteiger partial charge in [0.05, 0.1) is 11.2 Å². The highest BCUT2D eigenvalue weighted by Crippen LogP contribution is 2.42. The molecule has 1 aliphatic heterocycles. The Morgan fingerprint density at radius 1 is 0.514 bits per heavy atom. The number of fused-ring (bicyclic) bond motifs is 6. The minimum absolute atomic E-state index is 0.423. The zero-order chi connectivity index (χ0) is 23.9. The Balaban J connectivity index is 1.47. The Morgan fingerprint density at radius 2 is 1.03 bits per heavy atom. The number of hydrogen-bond acceptors (Lipinski definition) is 4. The second kappa shape index (κ2) is 7.00. The maximum absolute atomic E-state index is 6.64. The van der Waals surface area contributed by atoms with Gasteiger partial charge in [-0.25, -0.2) is 0 Å². The average Bonchev–Trinajstić information content (AvgIpc) is 3.47. The lowest BCUT2D eigenvalue weighted by Gasteiger charge is -2.32. The Morgan fingerprint density at radius 3 is 1.71 bits per heavy atom. The van der Waals surface area contributed by atoms with E-state index in [2.05, 4.69) is 76.2 Å². The fraction of sp³-hybridized carbons (Fsp3) is 0.200. The molecule has 0 bridgehead atoms. The van der Waals surface area contributed by atoms with Gasteiger partial charge in [0.2, 0.25) is 0 Å². The van der Waals surface area contributed by atoms with Gasteiger partial charge in [0.25, 0.3) is 0 Å². The van der Waals surface area contributed by atoms with Gasteiger partial charge in [0.1, 0.15) is 22.3 Å². The van der Waals surface area contributed by atoms with Gasteiger partial charge >= 0.3 is 7.12 Å². The van der Waals surface area contributed by atoms with Gasteiger partial charge in [0.15, 0.2) is 0 Å². The van der Waals surface area contributed by atoms with Crippen LogP contribution < -0.4 is 5.46 Å². The van der Waals surface area contributed by atoms with Crippen molar-refractivity contribution in [1.82, 2.24) is 0 Å². The largest absolute Gasteiger partial charge is 0.498 e. The Hall–Kier alpha value is -3.54. The topological polar surface area (TPSA) is 44.7 Å². The molecule has 4 nitrogen and oxygen atoms in total. The van der Waals surface area contributed by atoms with E-state index in [1.54, 1.807) is 0 Å². The molecule has 1 saturated heterocycles. The number of para-hydroxylation sites is 4. The summed E-state index contributed by atoms with van der Waals surface area (Å²) in [5.41, 5.74) is 5.46. The van der Waals surface area contributed by atoms with Crippen molar-refractivity contribution in [3.8, 4) is 11.1 Å². The Labute approximate surface area is 203 Å². The SMILES string of the molecule is CC1(C)OB(c2cccc3c2oc2c(-c4cccc5c4oc4ccccc45)cccc23)OC1(C)C. The van der Waals surface area contributed by atoms with Crippen LogP contribution >= 0.6 is 0 Å². The molecule has 0 spiro atoms. The number of furan rings is 2. The van der Waals surface area contributed by atoms with E-state index < -0.39 is 18.3 Å². The molecule has 3 heterocycles. The minimum Gasteiger partial charge on any atom is -0.456 e. The molecule has 0 radical (unpaired) electrons. The molecule has 7 rings (SSSR count). The van der Waals surface area contributed by atoms with Gasteiger partial charge in [0, 0.05) is 38.1 Å². The third kappa shape index (κ3) is 2.89. The molecule has 0 aliphatic carbocycles. The predicted molar refractivity (Wildman–Crippen MR) is 142 cm³/mol. The number of benzene rings is 4. The lowest BCUT2D eigenvalue weighted by molar-refractivity contribution is 0.00578.